The van der Waals surface area contributed by atoms with E-state index >= 15 is 0 Å². The van der Waals surface area contributed by atoms with Crippen LogP contribution in [0, 0.1) is 0 Å². The molecule has 0 saturated carbocycles. The second kappa shape index (κ2) is 6.18. The molecule has 0 bridgehead atoms. The first-order valence-corrected chi connectivity index (χ1v) is 6.48. The van der Waals surface area contributed by atoms with E-state index in [9.17, 15) is 9.59 Å². The summed E-state index contributed by atoms with van der Waals surface area (Å²) in [5, 5.41) is 13.8. The van der Waals surface area contributed by atoms with E-state index in [0.717, 1.165) is 5.52 Å². The molecule has 0 aliphatic rings. The SMILES string of the molecule is CCOC(=O)CCCn1nc(C(=O)O)c2ccccc21. The number of aromatic carboxylic acids is 1. The van der Waals surface area contributed by atoms with Crippen LogP contribution in [0.2, 0.25) is 0 Å². The molecule has 1 aromatic heterocycles. The monoisotopic (exact) mass is 276 g/mol. The molecule has 0 radical (unpaired) electrons. The highest BCUT2D eigenvalue weighted by molar-refractivity contribution is 6.01. The molecule has 1 heterocycles. The standard InChI is InChI=1S/C14H16N2O4/c1-2-20-12(17)8-5-9-16-11-7-4-3-6-10(11)13(15-16)14(18)19/h3-4,6-7H,2,5,8-9H2,1H3,(H,18,19). The lowest BCUT2D eigenvalue weighted by Crippen LogP contribution is -2.08. The third-order valence-corrected chi connectivity index (χ3v) is 2.92. The Morgan fingerprint density at radius 1 is 1.35 bits per heavy atom. The Kier molecular flexibility index (Phi) is 4.34. The number of hydrogen-bond acceptors (Lipinski definition) is 4. The summed E-state index contributed by atoms with van der Waals surface area (Å²) < 4.78 is 6.47. The molecule has 0 aliphatic heterocycles. The lowest BCUT2D eigenvalue weighted by molar-refractivity contribution is -0.143. The summed E-state index contributed by atoms with van der Waals surface area (Å²) in [5.74, 6) is -1.30. The van der Waals surface area contributed by atoms with E-state index in [0.29, 0.717) is 31.4 Å². The second-order valence-electron chi connectivity index (χ2n) is 4.30. The third-order valence-electron chi connectivity index (χ3n) is 2.92. The van der Waals surface area contributed by atoms with Crippen LogP contribution in [0.4, 0.5) is 0 Å². The molecule has 0 amide bonds. The van der Waals surface area contributed by atoms with Crippen LogP contribution in [-0.2, 0) is 16.1 Å². The number of para-hydroxylation sites is 1. The molecular formula is C14H16N2O4. The Labute approximate surface area is 116 Å². The van der Waals surface area contributed by atoms with E-state index in [-0.39, 0.29) is 11.7 Å². The molecule has 6 nitrogen and oxygen atoms in total. The lowest BCUT2D eigenvalue weighted by atomic mass is 10.2. The number of aromatic nitrogens is 2. The van der Waals surface area contributed by atoms with Crippen LogP contribution in [0.3, 0.4) is 0 Å². The number of carboxylic acid groups (broad SMARTS) is 1. The molecular weight excluding hydrogens is 260 g/mol. The maximum atomic E-state index is 11.3. The van der Waals surface area contributed by atoms with Gasteiger partial charge in [-0.3, -0.25) is 9.48 Å². The highest BCUT2D eigenvalue weighted by Crippen LogP contribution is 2.18. The Bertz CT molecular complexity index is 633. The van der Waals surface area contributed by atoms with Crippen LogP contribution in [0.15, 0.2) is 24.3 Å². The fraction of sp³-hybridized carbons (Fsp3) is 0.357. The summed E-state index contributed by atoms with van der Waals surface area (Å²) in [5.41, 5.74) is 0.797. The van der Waals surface area contributed by atoms with Gasteiger partial charge in [0.15, 0.2) is 5.69 Å². The van der Waals surface area contributed by atoms with Gasteiger partial charge in [-0.15, -0.1) is 0 Å². The summed E-state index contributed by atoms with van der Waals surface area (Å²) in [6, 6.07) is 7.16. The first-order valence-electron chi connectivity index (χ1n) is 6.48. The maximum Gasteiger partial charge on any atom is 0.357 e. The number of benzene rings is 1. The molecule has 1 N–H and O–H groups in total. The van der Waals surface area contributed by atoms with Gasteiger partial charge in [0.25, 0.3) is 0 Å². The molecule has 0 fully saturated rings. The van der Waals surface area contributed by atoms with Gasteiger partial charge in [-0.25, -0.2) is 4.79 Å². The van der Waals surface area contributed by atoms with Crippen molar-refractivity contribution in [2.45, 2.75) is 26.3 Å². The molecule has 2 rings (SSSR count). The van der Waals surface area contributed by atoms with Crippen molar-refractivity contribution in [2.75, 3.05) is 6.61 Å². The fourth-order valence-corrected chi connectivity index (χ4v) is 2.06. The highest BCUT2D eigenvalue weighted by Gasteiger charge is 2.15. The molecule has 20 heavy (non-hydrogen) atoms. The van der Waals surface area contributed by atoms with Gasteiger partial charge in [0, 0.05) is 18.4 Å². The van der Waals surface area contributed by atoms with Gasteiger partial charge in [0.05, 0.1) is 12.1 Å². The normalized spacial score (nSPS) is 10.7. The zero-order valence-electron chi connectivity index (χ0n) is 11.2. The van der Waals surface area contributed by atoms with E-state index in [1.165, 1.54) is 0 Å². The predicted octanol–water partition coefficient (Wildman–Crippen LogP) is 2.08. The van der Waals surface area contributed by atoms with E-state index in [4.69, 9.17) is 9.84 Å². The number of carboxylic acids is 1. The lowest BCUT2D eigenvalue weighted by Gasteiger charge is -2.03. The van der Waals surface area contributed by atoms with Crippen molar-refractivity contribution in [3.05, 3.63) is 30.0 Å². The minimum Gasteiger partial charge on any atom is -0.476 e. The summed E-state index contributed by atoms with van der Waals surface area (Å²) in [7, 11) is 0. The van der Waals surface area contributed by atoms with Crippen molar-refractivity contribution in [1.82, 2.24) is 9.78 Å². The van der Waals surface area contributed by atoms with Gasteiger partial charge in [-0.1, -0.05) is 18.2 Å². The zero-order valence-corrected chi connectivity index (χ0v) is 11.2. The molecule has 106 valence electrons. The zero-order chi connectivity index (χ0) is 14.5. The molecule has 0 unspecified atom stereocenters. The van der Waals surface area contributed by atoms with Gasteiger partial charge in [-0.2, -0.15) is 5.10 Å². The van der Waals surface area contributed by atoms with Crippen LogP contribution in [0.25, 0.3) is 10.9 Å². The van der Waals surface area contributed by atoms with E-state index in [1.807, 2.05) is 12.1 Å². The number of aryl methyl sites for hydroxylation is 1. The second-order valence-corrected chi connectivity index (χ2v) is 4.30. The molecule has 0 aliphatic carbocycles. The molecule has 2 aromatic rings. The van der Waals surface area contributed by atoms with Crippen molar-refractivity contribution in [2.24, 2.45) is 0 Å². The number of carbonyl (C=O) groups is 2. The molecule has 0 spiro atoms. The number of hydrogen-bond donors (Lipinski definition) is 1. The maximum absolute atomic E-state index is 11.3. The van der Waals surface area contributed by atoms with Crippen LogP contribution in [0.5, 0.6) is 0 Å². The Morgan fingerprint density at radius 2 is 2.10 bits per heavy atom. The molecule has 0 atom stereocenters. The minimum absolute atomic E-state index is 0.0386. The van der Waals surface area contributed by atoms with Crippen molar-refractivity contribution in [3.8, 4) is 0 Å². The van der Waals surface area contributed by atoms with Gasteiger partial charge in [0.1, 0.15) is 0 Å². The summed E-state index contributed by atoms with van der Waals surface area (Å²) >= 11 is 0. The van der Waals surface area contributed by atoms with Crippen molar-refractivity contribution in [3.63, 3.8) is 0 Å². The average molecular weight is 276 g/mol. The molecule has 6 heteroatoms. The smallest absolute Gasteiger partial charge is 0.357 e. The summed E-state index contributed by atoms with van der Waals surface area (Å²) in [4.78, 5) is 22.4. The number of ether oxygens (including phenoxy) is 1. The topological polar surface area (TPSA) is 81.4 Å². The number of fused-ring (bicyclic) bond motifs is 1. The first-order chi connectivity index (χ1) is 9.63. The highest BCUT2D eigenvalue weighted by atomic mass is 16.5. The van der Waals surface area contributed by atoms with Crippen molar-refractivity contribution in [1.29, 1.82) is 0 Å². The van der Waals surface area contributed by atoms with Crippen LogP contribution >= 0.6 is 0 Å². The summed E-state index contributed by atoms with van der Waals surface area (Å²) in [6.45, 7) is 2.61. The molecule has 0 saturated heterocycles. The predicted molar refractivity (Wildman–Crippen MR) is 72.6 cm³/mol. The van der Waals surface area contributed by atoms with Gasteiger partial charge in [-0.05, 0) is 19.4 Å². The minimum atomic E-state index is -1.05. The third kappa shape index (κ3) is 2.96. The van der Waals surface area contributed by atoms with Crippen LogP contribution in [-0.4, -0.2) is 33.4 Å². The fourth-order valence-electron chi connectivity index (χ4n) is 2.06. The van der Waals surface area contributed by atoms with Gasteiger partial charge >= 0.3 is 11.9 Å². The van der Waals surface area contributed by atoms with E-state index in [1.54, 1.807) is 23.7 Å². The van der Waals surface area contributed by atoms with E-state index in [2.05, 4.69) is 5.10 Å². The molecule has 1 aromatic carbocycles. The first kappa shape index (κ1) is 14.0. The van der Waals surface area contributed by atoms with Gasteiger partial charge in [0.2, 0.25) is 0 Å². The number of nitrogens with zero attached hydrogens (tertiary/aromatic N) is 2. The largest absolute Gasteiger partial charge is 0.476 e. The number of carbonyl (C=O) groups excluding carboxylic acids is 1. The van der Waals surface area contributed by atoms with Crippen molar-refractivity contribution < 1.29 is 19.4 Å². The Morgan fingerprint density at radius 3 is 2.80 bits per heavy atom. The quantitative estimate of drug-likeness (QED) is 0.817. The number of esters is 1. The average Bonchev–Trinajstić information content (AvgIpc) is 2.79. The van der Waals surface area contributed by atoms with Crippen LogP contribution in [0.1, 0.15) is 30.3 Å². The van der Waals surface area contributed by atoms with E-state index < -0.39 is 5.97 Å². The Hall–Kier alpha value is -2.37. The van der Waals surface area contributed by atoms with Crippen LogP contribution < -0.4 is 0 Å². The number of rotatable bonds is 6. The van der Waals surface area contributed by atoms with Crippen molar-refractivity contribution >= 4 is 22.8 Å². The Balaban J connectivity index is 2.14. The van der Waals surface area contributed by atoms with Gasteiger partial charge < -0.3 is 9.84 Å². The summed E-state index contributed by atoms with van der Waals surface area (Å²) in [6.07, 6.45) is 0.855.